The van der Waals surface area contributed by atoms with E-state index in [1.54, 1.807) is 12.5 Å². The van der Waals surface area contributed by atoms with E-state index in [-0.39, 0.29) is 0 Å². The zero-order valence-electron chi connectivity index (χ0n) is 7.40. The first-order valence-electron chi connectivity index (χ1n) is 4.41. The van der Waals surface area contributed by atoms with Crippen LogP contribution < -0.4 is 10.1 Å². The van der Waals surface area contributed by atoms with E-state index in [1.165, 1.54) is 0 Å². The fourth-order valence-corrected chi connectivity index (χ4v) is 1.56. The average Bonchev–Trinajstić information content (AvgIpc) is 2.29. The number of nitrogens with zero attached hydrogens (tertiary/aromatic N) is 1. The lowest BCUT2D eigenvalue weighted by Gasteiger charge is -2.20. The maximum atomic E-state index is 5.43. The molecule has 0 amide bonds. The van der Waals surface area contributed by atoms with Gasteiger partial charge in [-0.25, -0.2) is 0 Å². The molecule has 3 heteroatoms. The van der Waals surface area contributed by atoms with Gasteiger partial charge in [0.1, 0.15) is 12.0 Å². The molecule has 3 nitrogen and oxygen atoms in total. The Hall–Kier alpha value is -2.03. The van der Waals surface area contributed by atoms with Crippen LogP contribution in [0.1, 0.15) is 5.69 Å². The molecule has 0 aliphatic carbocycles. The van der Waals surface area contributed by atoms with Gasteiger partial charge in [-0.1, -0.05) is 0 Å². The molecular weight excluding hydrogens is 176 g/mol. The van der Waals surface area contributed by atoms with Crippen LogP contribution in [0.2, 0.25) is 0 Å². The van der Waals surface area contributed by atoms with Crippen LogP contribution in [-0.4, -0.2) is 4.98 Å². The first-order valence-corrected chi connectivity index (χ1v) is 4.41. The Morgan fingerprint density at radius 1 is 1.36 bits per heavy atom. The average molecular weight is 184 g/mol. The second-order valence-electron chi connectivity index (χ2n) is 3.08. The lowest BCUT2D eigenvalue weighted by Crippen LogP contribution is -2.15. The summed E-state index contributed by atoms with van der Waals surface area (Å²) in [5.74, 6) is 0.805. The molecule has 0 spiro atoms. The van der Waals surface area contributed by atoms with Gasteiger partial charge in [0.25, 0.3) is 0 Å². The van der Waals surface area contributed by atoms with Crippen LogP contribution in [0.15, 0.2) is 48.6 Å². The van der Waals surface area contributed by atoms with Crippen molar-refractivity contribution in [3.63, 3.8) is 0 Å². The van der Waals surface area contributed by atoms with Gasteiger partial charge in [-0.3, -0.25) is 4.98 Å². The van der Waals surface area contributed by atoms with E-state index < -0.39 is 0 Å². The van der Waals surface area contributed by atoms with Gasteiger partial charge in [0, 0.05) is 18.0 Å². The van der Waals surface area contributed by atoms with E-state index in [0.29, 0.717) is 0 Å². The molecule has 0 saturated carbocycles. The van der Waals surface area contributed by atoms with Crippen molar-refractivity contribution in [3.05, 3.63) is 54.3 Å². The summed E-state index contributed by atoms with van der Waals surface area (Å²) in [6.45, 7) is 0. The molecule has 1 aromatic heterocycles. The minimum absolute atomic E-state index is 0.805. The predicted molar refractivity (Wildman–Crippen MR) is 53.2 cm³/mol. The minimum atomic E-state index is 0.805. The van der Waals surface area contributed by atoms with Crippen LogP contribution in [0.5, 0.6) is 5.75 Å². The fraction of sp³-hybridized carbons (Fsp3) is 0. The lowest BCUT2D eigenvalue weighted by atomic mass is 10.0. The van der Waals surface area contributed by atoms with Gasteiger partial charge < -0.3 is 10.1 Å². The van der Waals surface area contributed by atoms with Crippen molar-refractivity contribution in [2.75, 3.05) is 0 Å². The highest BCUT2D eigenvalue weighted by molar-refractivity contribution is 5.82. The van der Waals surface area contributed by atoms with Crippen molar-refractivity contribution in [2.45, 2.75) is 0 Å². The third-order valence-electron chi connectivity index (χ3n) is 2.22. The van der Waals surface area contributed by atoms with Crippen LogP contribution in [0.4, 0.5) is 0 Å². The smallest absolute Gasteiger partial charge is 0.152 e. The van der Waals surface area contributed by atoms with E-state index in [2.05, 4.69) is 10.3 Å². The molecule has 1 aromatic rings. The monoisotopic (exact) mass is 184 g/mol. The van der Waals surface area contributed by atoms with E-state index >= 15 is 0 Å². The molecule has 14 heavy (non-hydrogen) atoms. The summed E-state index contributed by atoms with van der Waals surface area (Å²) in [5, 5.41) is 3.11. The number of nitrogens with one attached hydrogen (secondary N) is 1. The van der Waals surface area contributed by atoms with Gasteiger partial charge in [0.05, 0.1) is 5.70 Å². The van der Waals surface area contributed by atoms with Gasteiger partial charge in [0.2, 0.25) is 0 Å². The number of hydrogen-bond donors (Lipinski definition) is 1. The Morgan fingerprint density at radius 2 is 2.36 bits per heavy atom. The van der Waals surface area contributed by atoms with Gasteiger partial charge >= 0.3 is 0 Å². The molecule has 0 aromatic carbocycles. The third kappa shape index (κ3) is 0.956. The van der Waals surface area contributed by atoms with E-state index in [1.807, 2.05) is 30.5 Å². The standard InChI is InChI=1S/C11H8N2O/c1-3-8-9(12-5-1)7-14-10-4-2-6-13-11(8)10/h1-7,12H. The van der Waals surface area contributed by atoms with Crippen molar-refractivity contribution < 1.29 is 4.74 Å². The molecule has 0 atom stereocenters. The highest BCUT2D eigenvalue weighted by atomic mass is 16.5. The van der Waals surface area contributed by atoms with Gasteiger partial charge in [0.15, 0.2) is 5.75 Å². The maximum absolute atomic E-state index is 5.43. The Morgan fingerprint density at radius 3 is 3.36 bits per heavy atom. The normalized spacial score (nSPS) is 16.9. The Bertz CT molecular complexity index is 472. The molecule has 0 fully saturated rings. The molecule has 3 rings (SSSR count). The van der Waals surface area contributed by atoms with Crippen molar-refractivity contribution >= 4 is 5.57 Å². The molecule has 0 unspecified atom stereocenters. The summed E-state index contributed by atoms with van der Waals surface area (Å²) in [5.41, 5.74) is 2.93. The Kier molecular flexibility index (Phi) is 1.44. The number of ether oxygens (including phenoxy) is 1. The molecule has 3 heterocycles. The quantitative estimate of drug-likeness (QED) is 0.667. The molecule has 0 saturated heterocycles. The van der Waals surface area contributed by atoms with Crippen LogP contribution in [0.25, 0.3) is 5.57 Å². The number of rotatable bonds is 0. The number of hydrogen-bond acceptors (Lipinski definition) is 3. The second kappa shape index (κ2) is 2.73. The Balaban J connectivity index is 2.22. The highest BCUT2D eigenvalue weighted by Gasteiger charge is 2.19. The Labute approximate surface area is 81.4 Å². The van der Waals surface area contributed by atoms with E-state index in [9.17, 15) is 0 Å². The number of pyridine rings is 1. The minimum Gasteiger partial charge on any atom is -0.461 e. The third-order valence-corrected chi connectivity index (χ3v) is 2.22. The van der Waals surface area contributed by atoms with Crippen LogP contribution >= 0.6 is 0 Å². The highest BCUT2D eigenvalue weighted by Crippen LogP contribution is 2.33. The van der Waals surface area contributed by atoms with Crippen LogP contribution in [-0.2, 0) is 0 Å². The van der Waals surface area contributed by atoms with E-state index in [0.717, 1.165) is 22.7 Å². The SMILES string of the molecule is C1=CNC2=COc3cccnc3C2=C1. The molecule has 2 aliphatic heterocycles. The van der Waals surface area contributed by atoms with Gasteiger partial charge in [-0.05, 0) is 24.3 Å². The molecule has 68 valence electrons. The van der Waals surface area contributed by atoms with Gasteiger partial charge in [-0.15, -0.1) is 0 Å². The van der Waals surface area contributed by atoms with Crippen molar-refractivity contribution in [3.8, 4) is 5.75 Å². The summed E-state index contributed by atoms with van der Waals surface area (Å²) in [7, 11) is 0. The van der Waals surface area contributed by atoms with Crippen molar-refractivity contribution in [1.29, 1.82) is 0 Å². The van der Waals surface area contributed by atoms with Crippen molar-refractivity contribution in [2.24, 2.45) is 0 Å². The molecule has 0 radical (unpaired) electrons. The number of dihydropyridines is 1. The first kappa shape index (κ1) is 7.38. The van der Waals surface area contributed by atoms with Gasteiger partial charge in [-0.2, -0.15) is 0 Å². The summed E-state index contributed by atoms with van der Waals surface area (Å²) in [6, 6.07) is 3.78. The largest absolute Gasteiger partial charge is 0.461 e. The van der Waals surface area contributed by atoms with Crippen LogP contribution in [0.3, 0.4) is 0 Å². The summed E-state index contributed by atoms with van der Waals surface area (Å²) >= 11 is 0. The second-order valence-corrected chi connectivity index (χ2v) is 3.08. The first-order chi connectivity index (χ1) is 6.95. The number of allylic oxidation sites excluding steroid dienone is 3. The zero-order valence-corrected chi connectivity index (χ0v) is 7.40. The predicted octanol–water partition coefficient (Wildman–Crippen LogP) is 1.82. The van der Waals surface area contributed by atoms with Crippen LogP contribution in [0, 0.1) is 0 Å². The molecule has 2 aliphatic rings. The fourth-order valence-electron chi connectivity index (χ4n) is 1.56. The summed E-state index contributed by atoms with van der Waals surface area (Å²) in [6.07, 6.45) is 9.32. The molecule has 0 bridgehead atoms. The number of fused-ring (bicyclic) bond motifs is 3. The zero-order chi connectivity index (χ0) is 9.38. The van der Waals surface area contributed by atoms with E-state index in [4.69, 9.17) is 4.74 Å². The number of aromatic nitrogens is 1. The molecule has 1 N–H and O–H groups in total. The van der Waals surface area contributed by atoms with Crippen molar-refractivity contribution in [1.82, 2.24) is 10.3 Å². The lowest BCUT2D eigenvalue weighted by molar-refractivity contribution is 0.464. The topological polar surface area (TPSA) is 34.1 Å². The summed E-state index contributed by atoms with van der Waals surface area (Å²) in [4.78, 5) is 4.30. The maximum Gasteiger partial charge on any atom is 0.152 e. The molecular formula is C11H8N2O. The summed E-state index contributed by atoms with van der Waals surface area (Å²) < 4.78 is 5.43.